The van der Waals surface area contributed by atoms with E-state index < -0.39 is 5.60 Å². The molecule has 1 aliphatic carbocycles. The molecule has 94 valence electrons. The minimum absolute atomic E-state index is 0.112. The molecule has 0 amide bonds. The molecule has 0 saturated heterocycles. The molecular formula is C12H19N3O2. The normalized spacial score (nSPS) is 19.9. The van der Waals surface area contributed by atoms with Crippen molar-refractivity contribution in [2.24, 2.45) is 5.73 Å². The Kier molecular flexibility index (Phi) is 2.95. The van der Waals surface area contributed by atoms with Crippen LogP contribution < -0.4 is 5.73 Å². The zero-order valence-electron chi connectivity index (χ0n) is 10.5. The molecule has 1 atom stereocenters. The zero-order valence-corrected chi connectivity index (χ0v) is 10.5. The van der Waals surface area contributed by atoms with Crippen LogP contribution in [0.25, 0.3) is 0 Å². The molecule has 0 spiro atoms. The van der Waals surface area contributed by atoms with E-state index in [1.54, 1.807) is 0 Å². The van der Waals surface area contributed by atoms with E-state index in [-0.39, 0.29) is 12.0 Å². The quantitative estimate of drug-likeness (QED) is 0.719. The van der Waals surface area contributed by atoms with Crippen LogP contribution in [0.5, 0.6) is 0 Å². The lowest BCUT2D eigenvalue weighted by Gasteiger charge is -2.21. The van der Waals surface area contributed by atoms with Gasteiger partial charge in [-0.05, 0) is 40.0 Å². The molecule has 17 heavy (non-hydrogen) atoms. The minimum atomic E-state index is -0.500. The number of nitrogens with two attached hydrogens (primary N) is 1. The molecule has 5 nitrogen and oxygen atoms in total. The molecular weight excluding hydrogens is 218 g/mol. The van der Waals surface area contributed by atoms with Gasteiger partial charge in [-0.15, -0.1) is 0 Å². The van der Waals surface area contributed by atoms with Gasteiger partial charge in [0.1, 0.15) is 5.60 Å². The first-order valence-corrected chi connectivity index (χ1v) is 5.92. The molecule has 0 bridgehead atoms. The molecule has 0 aliphatic heterocycles. The van der Waals surface area contributed by atoms with Gasteiger partial charge in [-0.3, -0.25) is 5.10 Å². The summed E-state index contributed by atoms with van der Waals surface area (Å²) in [5, 5.41) is 6.97. The average molecular weight is 237 g/mol. The molecule has 1 aromatic rings. The Morgan fingerprint density at radius 3 is 2.88 bits per heavy atom. The maximum absolute atomic E-state index is 12.0. The number of carbonyl (C=O) groups excluding carboxylic acids is 1. The van der Waals surface area contributed by atoms with E-state index in [1.165, 1.54) is 0 Å². The van der Waals surface area contributed by atoms with Crippen molar-refractivity contribution >= 4 is 5.97 Å². The van der Waals surface area contributed by atoms with Crippen LogP contribution in [0.15, 0.2) is 0 Å². The number of aromatic amines is 1. The van der Waals surface area contributed by atoms with Crippen LogP contribution >= 0.6 is 0 Å². The second-order valence-electron chi connectivity index (χ2n) is 5.53. The minimum Gasteiger partial charge on any atom is -0.455 e. The first-order valence-electron chi connectivity index (χ1n) is 5.92. The Morgan fingerprint density at radius 1 is 1.53 bits per heavy atom. The predicted octanol–water partition coefficient (Wildman–Crippen LogP) is 1.18. The number of aromatic nitrogens is 2. The van der Waals surface area contributed by atoms with Gasteiger partial charge >= 0.3 is 5.97 Å². The lowest BCUT2D eigenvalue weighted by Crippen LogP contribution is -2.29. The number of esters is 1. The van der Waals surface area contributed by atoms with Gasteiger partial charge in [0.15, 0.2) is 5.69 Å². The maximum atomic E-state index is 12.0. The van der Waals surface area contributed by atoms with E-state index in [0.29, 0.717) is 12.1 Å². The molecule has 5 heteroatoms. The summed E-state index contributed by atoms with van der Waals surface area (Å²) in [6, 6.07) is 0.112. The SMILES string of the molecule is CC(C)(C)OC(=O)c1n[nH]c2c1CC(N)CC2. The molecule has 0 aromatic carbocycles. The summed E-state index contributed by atoms with van der Waals surface area (Å²) >= 11 is 0. The van der Waals surface area contributed by atoms with Crippen molar-refractivity contribution in [2.75, 3.05) is 0 Å². The van der Waals surface area contributed by atoms with Crippen molar-refractivity contribution in [3.63, 3.8) is 0 Å². The molecule has 3 N–H and O–H groups in total. The van der Waals surface area contributed by atoms with Gasteiger partial charge in [-0.2, -0.15) is 5.10 Å². The summed E-state index contributed by atoms with van der Waals surface area (Å²) in [5.74, 6) is -0.371. The summed E-state index contributed by atoms with van der Waals surface area (Å²) in [7, 11) is 0. The smallest absolute Gasteiger partial charge is 0.359 e. The highest BCUT2D eigenvalue weighted by Crippen LogP contribution is 2.23. The number of H-pyrrole nitrogens is 1. The summed E-state index contributed by atoms with van der Waals surface area (Å²) < 4.78 is 5.32. The van der Waals surface area contributed by atoms with E-state index in [2.05, 4.69) is 10.2 Å². The molecule has 1 aromatic heterocycles. The highest BCUT2D eigenvalue weighted by atomic mass is 16.6. The fourth-order valence-corrected chi connectivity index (χ4v) is 2.02. The second kappa shape index (κ2) is 4.14. The van der Waals surface area contributed by atoms with Crippen molar-refractivity contribution in [3.8, 4) is 0 Å². The van der Waals surface area contributed by atoms with E-state index in [1.807, 2.05) is 20.8 Å². The number of hydrogen-bond donors (Lipinski definition) is 2. The van der Waals surface area contributed by atoms with Crippen molar-refractivity contribution in [3.05, 3.63) is 17.0 Å². The van der Waals surface area contributed by atoms with E-state index in [0.717, 1.165) is 24.1 Å². The number of nitrogens with zero attached hydrogens (tertiary/aromatic N) is 1. The van der Waals surface area contributed by atoms with Crippen LogP contribution in [0, 0.1) is 0 Å². The Morgan fingerprint density at radius 2 is 2.24 bits per heavy atom. The van der Waals surface area contributed by atoms with E-state index in [4.69, 9.17) is 10.5 Å². The van der Waals surface area contributed by atoms with Crippen LogP contribution in [-0.2, 0) is 17.6 Å². The fourth-order valence-electron chi connectivity index (χ4n) is 2.02. The Hall–Kier alpha value is -1.36. The summed E-state index contributed by atoms with van der Waals surface area (Å²) in [6.07, 6.45) is 2.48. The third-order valence-electron chi connectivity index (χ3n) is 2.78. The van der Waals surface area contributed by atoms with Crippen LogP contribution in [-0.4, -0.2) is 27.8 Å². The predicted molar refractivity (Wildman–Crippen MR) is 63.8 cm³/mol. The van der Waals surface area contributed by atoms with Crippen molar-refractivity contribution in [1.82, 2.24) is 10.2 Å². The number of hydrogen-bond acceptors (Lipinski definition) is 4. The monoisotopic (exact) mass is 237 g/mol. The van der Waals surface area contributed by atoms with Crippen LogP contribution in [0.3, 0.4) is 0 Å². The summed E-state index contributed by atoms with van der Waals surface area (Å²) in [6.45, 7) is 5.53. The molecule has 1 heterocycles. The van der Waals surface area contributed by atoms with Crippen LogP contribution in [0.2, 0.25) is 0 Å². The number of carbonyl (C=O) groups is 1. The first kappa shape index (κ1) is 12.1. The second-order valence-corrected chi connectivity index (χ2v) is 5.53. The summed E-state index contributed by atoms with van der Waals surface area (Å²) in [5.41, 5.74) is 7.75. The average Bonchev–Trinajstić information content (AvgIpc) is 2.57. The fraction of sp³-hybridized carbons (Fsp3) is 0.667. The number of rotatable bonds is 1. The number of fused-ring (bicyclic) bond motifs is 1. The third-order valence-corrected chi connectivity index (χ3v) is 2.78. The van der Waals surface area contributed by atoms with Gasteiger partial charge in [-0.1, -0.05) is 0 Å². The topological polar surface area (TPSA) is 81.0 Å². The molecule has 1 aliphatic rings. The Bertz CT molecular complexity index is 431. The highest BCUT2D eigenvalue weighted by molar-refractivity contribution is 5.89. The number of ether oxygens (including phenoxy) is 1. The standard InChI is InChI=1S/C12H19N3O2/c1-12(2,3)17-11(16)10-8-6-7(13)4-5-9(8)14-15-10/h7H,4-6,13H2,1-3H3,(H,14,15). The molecule has 0 radical (unpaired) electrons. The summed E-state index contributed by atoms with van der Waals surface area (Å²) in [4.78, 5) is 12.0. The van der Waals surface area contributed by atoms with Gasteiger partial charge in [0.25, 0.3) is 0 Å². The Balaban J connectivity index is 2.22. The van der Waals surface area contributed by atoms with Crippen molar-refractivity contribution in [1.29, 1.82) is 0 Å². The van der Waals surface area contributed by atoms with Gasteiger partial charge in [0.05, 0.1) is 0 Å². The van der Waals surface area contributed by atoms with Gasteiger partial charge in [0.2, 0.25) is 0 Å². The third kappa shape index (κ3) is 2.66. The molecule has 0 saturated carbocycles. The largest absolute Gasteiger partial charge is 0.455 e. The van der Waals surface area contributed by atoms with Gasteiger partial charge in [-0.25, -0.2) is 4.79 Å². The zero-order chi connectivity index (χ0) is 12.6. The lowest BCUT2D eigenvalue weighted by atomic mass is 9.92. The number of aryl methyl sites for hydroxylation is 1. The first-order chi connectivity index (χ1) is 7.87. The van der Waals surface area contributed by atoms with Crippen molar-refractivity contribution < 1.29 is 9.53 Å². The lowest BCUT2D eigenvalue weighted by molar-refractivity contribution is 0.00615. The van der Waals surface area contributed by atoms with Crippen molar-refractivity contribution in [2.45, 2.75) is 51.7 Å². The van der Waals surface area contributed by atoms with E-state index >= 15 is 0 Å². The van der Waals surface area contributed by atoms with Crippen LogP contribution in [0.1, 0.15) is 48.9 Å². The van der Waals surface area contributed by atoms with Gasteiger partial charge in [0, 0.05) is 17.3 Å². The highest BCUT2D eigenvalue weighted by Gasteiger charge is 2.28. The molecule has 0 fully saturated rings. The maximum Gasteiger partial charge on any atom is 0.359 e. The van der Waals surface area contributed by atoms with Gasteiger partial charge < -0.3 is 10.5 Å². The molecule has 1 unspecified atom stereocenters. The van der Waals surface area contributed by atoms with Crippen LogP contribution in [0.4, 0.5) is 0 Å². The molecule has 2 rings (SSSR count). The number of nitrogens with one attached hydrogen (secondary N) is 1. The Labute approximate surface area is 101 Å². The van der Waals surface area contributed by atoms with E-state index in [9.17, 15) is 4.79 Å².